The second kappa shape index (κ2) is 8.75. The number of nitrogens with zero attached hydrogens (tertiary/aromatic N) is 1. The molecular weight excluding hydrogens is 273 g/mol. The molecule has 0 aromatic carbocycles. The van der Waals surface area contributed by atoms with E-state index in [1.54, 1.807) is 0 Å². The molecule has 0 aliphatic rings. The van der Waals surface area contributed by atoms with Gasteiger partial charge in [-0.25, -0.2) is 0 Å². The second-order valence-corrected chi connectivity index (χ2v) is 6.70. The summed E-state index contributed by atoms with van der Waals surface area (Å²) in [5.41, 5.74) is 0. The summed E-state index contributed by atoms with van der Waals surface area (Å²) in [6, 6.07) is 0. The molecule has 0 aliphatic carbocycles. The van der Waals surface area contributed by atoms with Crippen molar-refractivity contribution in [1.29, 1.82) is 0 Å². The maximum atomic E-state index is 11.1. The molecule has 0 amide bonds. The van der Waals surface area contributed by atoms with Gasteiger partial charge in [0.25, 0.3) is 0 Å². The number of hydrogen-bond donors (Lipinski definition) is 3. The summed E-state index contributed by atoms with van der Waals surface area (Å²) >= 11 is 0. The predicted molar refractivity (Wildman–Crippen MR) is 70.4 cm³/mol. The summed E-state index contributed by atoms with van der Waals surface area (Å²) in [5, 5.41) is 28.4. The van der Waals surface area contributed by atoms with Crippen LogP contribution in [0.5, 0.6) is 0 Å². The zero-order chi connectivity index (χ0) is 15.1. The molecule has 3 N–H and O–H groups in total. The van der Waals surface area contributed by atoms with Crippen molar-refractivity contribution in [2.24, 2.45) is 5.92 Å². The van der Waals surface area contributed by atoms with Crippen LogP contribution in [0.3, 0.4) is 0 Å². The molecule has 112 valence electrons. The van der Waals surface area contributed by atoms with Crippen molar-refractivity contribution in [3.05, 3.63) is 0 Å². The van der Waals surface area contributed by atoms with Crippen LogP contribution >= 0.6 is 0 Å². The molecule has 0 saturated heterocycles. The van der Waals surface area contributed by atoms with Crippen molar-refractivity contribution >= 4 is 16.1 Å². The van der Waals surface area contributed by atoms with E-state index in [0.717, 1.165) is 6.42 Å². The van der Waals surface area contributed by atoms with E-state index in [2.05, 4.69) is 0 Å². The zero-order valence-corrected chi connectivity index (χ0v) is 12.1. The third kappa shape index (κ3) is 7.73. The Balaban J connectivity index is 4.59. The van der Waals surface area contributed by atoms with Crippen molar-refractivity contribution in [3.8, 4) is 0 Å². The van der Waals surface area contributed by atoms with Crippen LogP contribution in [0.25, 0.3) is 0 Å². The minimum absolute atomic E-state index is 0.117. The van der Waals surface area contributed by atoms with Gasteiger partial charge in [-0.2, -0.15) is 0 Å². The molecule has 0 rings (SSSR count). The van der Waals surface area contributed by atoms with Crippen molar-refractivity contribution in [1.82, 2.24) is 4.90 Å². The molecule has 0 spiro atoms. The van der Waals surface area contributed by atoms with Crippen molar-refractivity contribution in [3.63, 3.8) is 0 Å². The molecule has 0 aromatic rings. The molecular formula is C10H22BNO6S. The Labute approximate surface area is 114 Å². The summed E-state index contributed by atoms with van der Waals surface area (Å²) in [5.74, 6) is -0.467. The van der Waals surface area contributed by atoms with Gasteiger partial charge in [-0.05, 0) is 0 Å². The first kappa shape index (κ1) is 18.7. The Bertz CT molecular complexity index is 361. The monoisotopic (exact) mass is 295 g/mol. The molecule has 19 heavy (non-hydrogen) atoms. The number of hydrogen-bond acceptors (Lipinski definition) is 7. The van der Waals surface area contributed by atoms with Crippen LogP contribution in [0.15, 0.2) is 0 Å². The fourth-order valence-electron chi connectivity index (χ4n) is 1.54. The molecule has 0 heterocycles. The molecule has 0 bridgehead atoms. The van der Waals surface area contributed by atoms with Gasteiger partial charge in [-0.1, -0.05) is 0 Å². The van der Waals surface area contributed by atoms with Crippen LogP contribution in [0, 0.1) is 5.92 Å². The van der Waals surface area contributed by atoms with Gasteiger partial charge in [0.05, 0.1) is 0 Å². The van der Waals surface area contributed by atoms with E-state index in [-0.39, 0.29) is 19.6 Å². The van der Waals surface area contributed by atoms with E-state index in [1.807, 2.05) is 13.8 Å². The van der Waals surface area contributed by atoms with Crippen LogP contribution in [-0.2, 0) is 14.4 Å². The van der Waals surface area contributed by atoms with Crippen molar-refractivity contribution < 1.29 is 28.4 Å². The Kier molecular flexibility index (Phi) is 8.59. The van der Waals surface area contributed by atoms with Crippen molar-refractivity contribution in [2.45, 2.75) is 32.6 Å². The number of rotatable bonds is 10. The Morgan fingerprint density at radius 2 is 1.79 bits per heavy atom. The summed E-state index contributed by atoms with van der Waals surface area (Å²) in [7, 11) is -4.02. The van der Waals surface area contributed by atoms with Gasteiger partial charge < -0.3 is 0 Å². The second-order valence-electron chi connectivity index (χ2n) is 4.85. The molecule has 0 fully saturated rings. The summed E-state index contributed by atoms with van der Waals surface area (Å²) in [6.45, 7) is 4.28. The van der Waals surface area contributed by atoms with Gasteiger partial charge in [-0.15, -0.1) is 0 Å². The summed E-state index contributed by atoms with van der Waals surface area (Å²) in [4.78, 5) is 1.39. The minimum atomic E-state index is -4.02. The van der Waals surface area contributed by atoms with Gasteiger partial charge in [0.2, 0.25) is 0 Å². The number of aliphatic hydroxyl groups is 3. The average Bonchev–Trinajstić information content (AvgIpc) is 2.32. The Hall–Kier alpha value is -0.345. The average molecular weight is 295 g/mol. The number of aliphatic hydroxyl groups excluding tert-OH is 3. The summed E-state index contributed by atoms with van der Waals surface area (Å²) in [6.07, 6.45) is -2.54. The SMILES string of the molecule is CC(C)CCN(CCO)C(O)C(O)CS(=O)(=O)B=O. The van der Waals surface area contributed by atoms with Gasteiger partial charge in [0, 0.05) is 0 Å². The third-order valence-corrected chi connectivity index (χ3v) is 3.75. The van der Waals surface area contributed by atoms with Crippen LogP contribution in [0.4, 0.5) is 0 Å². The Morgan fingerprint density at radius 3 is 2.21 bits per heavy atom. The fraction of sp³-hybridized carbons (Fsp3) is 1.00. The van der Waals surface area contributed by atoms with Gasteiger partial charge in [-0.3, -0.25) is 0 Å². The quantitative estimate of drug-likeness (QED) is 0.328. The molecule has 2 unspecified atom stereocenters. The first-order valence-corrected chi connectivity index (χ1v) is 7.84. The first-order valence-electron chi connectivity index (χ1n) is 6.12. The first-order chi connectivity index (χ1) is 8.73. The molecule has 7 nitrogen and oxygen atoms in total. The molecule has 2 atom stereocenters. The predicted octanol–water partition coefficient (Wildman–Crippen LogP) is -1.61. The van der Waals surface area contributed by atoms with E-state index in [9.17, 15) is 23.3 Å². The summed E-state index contributed by atoms with van der Waals surface area (Å²) < 4.78 is 32.4. The standard InChI is InChI=1S/C10H22BNO6S/c1-8(2)3-4-12(5-6-13)10(15)9(14)7-19(17,18)11-16/h8-10,13-15H,3-7H2,1-2H3. The van der Waals surface area contributed by atoms with Crippen molar-refractivity contribution in [2.75, 3.05) is 25.4 Å². The Morgan fingerprint density at radius 1 is 1.21 bits per heavy atom. The maximum absolute atomic E-state index is 11.1. The van der Waals surface area contributed by atoms with E-state index in [4.69, 9.17) is 5.11 Å². The molecule has 0 aromatic heterocycles. The van der Waals surface area contributed by atoms with E-state index in [1.165, 1.54) is 4.90 Å². The third-order valence-electron chi connectivity index (χ3n) is 2.65. The van der Waals surface area contributed by atoms with Crippen LogP contribution in [0.1, 0.15) is 20.3 Å². The van der Waals surface area contributed by atoms with E-state index >= 15 is 0 Å². The van der Waals surface area contributed by atoms with Gasteiger partial charge in [0.1, 0.15) is 0 Å². The van der Waals surface area contributed by atoms with E-state index in [0.29, 0.717) is 12.5 Å². The normalized spacial score (nSPS) is 15.5. The van der Waals surface area contributed by atoms with Crippen LogP contribution in [0.2, 0.25) is 0 Å². The van der Waals surface area contributed by atoms with Gasteiger partial charge in [0.15, 0.2) is 0 Å². The molecule has 0 radical (unpaired) electrons. The van der Waals surface area contributed by atoms with Gasteiger partial charge >= 0.3 is 113 Å². The van der Waals surface area contributed by atoms with Crippen LogP contribution < -0.4 is 0 Å². The molecule has 9 heteroatoms. The molecule has 0 aliphatic heterocycles. The molecule has 0 saturated carbocycles. The zero-order valence-electron chi connectivity index (χ0n) is 11.3. The topological polar surface area (TPSA) is 115 Å². The fourth-order valence-corrected chi connectivity index (χ4v) is 2.26. The van der Waals surface area contributed by atoms with Crippen LogP contribution in [-0.4, -0.2) is 72.8 Å². The van der Waals surface area contributed by atoms with E-state index < -0.39 is 27.8 Å².